The van der Waals surface area contributed by atoms with Gasteiger partial charge in [0.05, 0.1) is 11.2 Å². The Morgan fingerprint density at radius 1 is 1.10 bits per heavy atom. The molecule has 1 aliphatic rings. The van der Waals surface area contributed by atoms with E-state index in [1.807, 2.05) is 45.9 Å². The van der Waals surface area contributed by atoms with Crippen LogP contribution in [-0.4, -0.2) is 24.6 Å². The molecule has 1 fully saturated rings. The summed E-state index contributed by atoms with van der Waals surface area (Å²) in [5.74, 6) is 0.352. The first-order valence-electron chi connectivity index (χ1n) is 7.12. The fourth-order valence-electron chi connectivity index (χ4n) is 2.37. The number of carbonyl (C=O) groups excluding carboxylic acids is 1. The van der Waals surface area contributed by atoms with Crippen LogP contribution in [0.4, 0.5) is 0 Å². The van der Waals surface area contributed by atoms with Crippen LogP contribution in [0.15, 0.2) is 18.2 Å². The molecule has 0 spiro atoms. The molecule has 1 aromatic rings. The van der Waals surface area contributed by atoms with Crippen molar-refractivity contribution < 1.29 is 14.1 Å². The van der Waals surface area contributed by atoms with Gasteiger partial charge in [0.15, 0.2) is 0 Å². The number of hydrogen-bond donors (Lipinski definition) is 0. The number of aldehydes is 1. The molecule has 4 heteroatoms. The zero-order chi connectivity index (χ0) is 15.1. The molecule has 108 valence electrons. The molecule has 20 heavy (non-hydrogen) atoms. The lowest BCUT2D eigenvalue weighted by atomic mass is 9.73. The minimum atomic E-state index is -0.419. The summed E-state index contributed by atoms with van der Waals surface area (Å²) >= 11 is 0. The monoisotopic (exact) mass is 274 g/mol. The van der Waals surface area contributed by atoms with Crippen LogP contribution in [-0.2, 0) is 9.31 Å². The minimum Gasteiger partial charge on any atom is -0.399 e. The van der Waals surface area contributed by atoms with E-state index in [2.05, 4.69) is 13.8 Å². The van der Waals surface area contributed by atoms with Gasteiger partial charge in [0.25, 0.3) is 0 Å². The largest absolute Gasteiger partial charge is 0.495 e. The van der Waals surface area contributed by atoms with Crippen LogP contribution < -0.4 is 5.46 Å². The van der Waals surface area contributed by atoms with Crippen molar-refractivity contribution in [3.63, 3.8) is 0 Å². The second kappa shape index (κ2) is 5.01. The van der Waals surface area contributed by atoms with E-state index in [9.17, 15) is 4.79 Å². The highest BCUT2D eigenvalue weighted by atomic mass is 16.7. The predicted octanol–water partition coefficient (Wildman–Crippen LogP) is 2.92. The maximum atomic E-state index is 11.0. The van der Waals surface area contributed by atoms with Crippen LogP contribution >= 0.6 is 0 Å². The maximum Gasteiger partial charge on any atom is 0.495 e. The number of carbonyl (C=O) groups is 1. The first-order valence-corrected chi connectivity index (χ1v) is 7.12. The third-order valence-electron chi connectivity index (χ3n) is 4.38. The summed E-state index contributed by atoms with van der Waals surface area (Å²) < 4.78 is 12.2. The van der Waals surface area contributed by atoms with E-state index in [-0.39, 0.29) is 11.2 Å². The molecular weight excluding hydrogens is 251 g/mol. The van der Waals surface area contributed by atoms with Crippen molar-refractivity contribution in [2.45, 2.75) is 58.7 Å². The molecular formula is C16H23BO3. The Kier molecular flexibility index (Phi) is 3.82. The Balaban J connectivity index is 2.45. The summed E-state index contributed by atoms with van der Waals surface area (Å²) in [4.78, 5) is 11.0. The Labute approximate surface area is 121 Å². The van der Waals surface area contributed by atoms with Crippen molar-refractivity contribution >= 4 is 18.9 Å². The Morgan fingerprint density at radius 2 is 1.65 bits per heavy atom. The molecule has 3 nitrogen and oxygen atoms in total. The summed E-state index contributed by atoms with van der Waals surface area (Å²) in [5, 5.41) is 0. The smallest absolute Gasteiger partial charge is 0.399 e. The van der Waals surface area contributed by atoms with Crippen molar-refractivity contribution in [1.82, 2.24) is 0 Å². The van der Waals surface area contributed by atoms with Gasteiger partial charge in [-0.05, 0) is 44.6 Å². The molecule has 0 bridgehead atoms. The van der Waals surface area contributed by atoms with Crippen LogP contribution in [0.1, 0.15) is 63.4 Å². The molecule has 0 aromatic heterocycles. The second-order valence-corrected chi connectivity index (χ2v) is 6.75. The van der Waals surface area contributed by atoms with Gasteiger partial charge in [-0.25, -0.2) is 0 Å². The molecule has 1 aromatic carbocycles. The van der Waals surface area contributed by atoms with Crippen LogP contribution in [0.5, 0.6) is 0 Å². The van der Waals surface area contributed by atoms with Crippen LogP contribution in [0.2, 0.25) is 0 Å². The van der Waals surface area contributed by atoms with Gasteiger partial charge in [0.1, 0.15) is 6.29 Å². The van der Waals surface area contributed by atoms with E-state index in [0.717, 1.165) is 17.3 Å². The predicted molar refractivity (Wildman–Crippen MR) is 81.6 cm³/mol. The van der Waals surface area contributed by atoms with E-state index >= 15 is 0 Å². The second-order valence-electron chi connectivity index (χ2n) is 6.75. The van der Waals surface area contributed by atoms with Crippen molar-refractivity contribution in [3.8, 4) is 0 Å². The maximum absolute atomic E-state index is 11.0. The van der Waals surface area contributed by atoms with Gasteiger partial charge in [0, 0.05) is 5.56 Å². The SMILES string of the molecule is CC(C)c1ccc(C=O)cc1B1OC(C)(C)C(C)(C)O1. The van der Waals surface area contributed by atoms with Gasteiger partial charge < -0.3 is 9.31 Å². The lowest BCUT2D eigenvalue weighted by Gasteiger charge is -2.32. The first kappa shape index (κ1) is 15.3. The minimum absolute atomic E-state index is 0.352. The van der Waals surface area contributed by atoms with Gasteiger partial charge in [-0.1, -0.05) is 32.0 Å². The molecule has 1 heterocycles. The highest BCUT2D eigenvalue weighted by Gasteiger charge is 2.52. The van der Waals surface area contributed by atoms with Crippen molar-refractivity contribution in [2.75, 3.05) is 0 Å². The summed E-state index contributed by atoms with van der Waals surface area (Å²) in [6, 6.07) is 5.72. The summed E-state index contributed by atoms with van der Waals surface area (Å²) in [7, 11) is -0.419. The van der Waals surface area contributed by atoms with Gasteiger partial charge in [-0.15, -0.1) is 0 Å². The molecule has 2 rings (SSSR count). The Morgan fingerprint density at radius 3 is 2.10 bits per heavy atom. The average molecular weight is 274 g/mol. The Hall–Kier alpha value is -1.13. The lowest BCUT2D eigenvalue weighted by Crippen LogP contribution is -2.41. The summed E-state index contributed by atoms with van der Waals surface area (Å²) in [6.45, 7) is 12.4. The van der Waals surface area contributed by atoms with Gasteiger partial charge in [-0.3, -0.25) is 4.79 Å². The first-order chi connectivity index (χ1) is 9.18. The van der Waals surface area contributed by atoms with Gasteiger partial charge in [0.2, 0.25) is 0 Å². The summed E-state index contributed by atoms with van der Waals surface area (Å²) in [5.41, 5.74) is 2.03. The molecule has 1 saturated heterocycles. The van der Waals surface area contributed by atoms with Crippen LogP contribution in [0.3, 0.4) is 0 Å². The highest BCUT2D eigenvalue weighted by Crippen LogP contribution is 2.37. The number of benzene rings is 1. The quantitative estimate of drug-likeness (QED) is 0.628. The van der Waals surface area contributed by atoms with Gasteiger partial charge >= 0.3 is 7.12 Å². The molecule has 0 radical (unpaired) electrons. The third kappa shape index (κ3) is 2.55. The fraction of sp³-hybridized carbons (Fsp3) is 0.562. The van der Waals surface area contributed by atoms with E-state index in [1.54, 1.807) is 0 Å². The van der Waals surface area contributed by atoms with E-state index in [0.29, 0.717) is 11.5 Å². The zero-order valence-corrected chi connectivity index (χ0v) is 13.2. The standard InChI is InChI=1S/C16H23BO3/c1-11(2)13-8-7-12(10-18)9-14(13)17-19-15(3,4)16(5,6)20-17/h7-11H,1-6H3. The molecule has 0 aliphatic carbocycles. The van der Waals surface area contributed by atoms with E-state index in [4.69, 9.17) is 9.31 Å². The zero-order valence-electron chi connectivity index (χ0n) is 13.2. The van der Waals surface area contributed by atoms with Crippen molar-refractivity contribution in [1.29, 1.82) is 0 Å². The number of rotatable bonds is 3. The molecule has 1 aliphatic heterocycles. The van der Waals surface area contributed by atoms with Crippen molar-refractivity contribution in [2.24, 2.45) is 0 Å². The molecule has 0 unspecified atom stereocenters. The van der Waals surface area contributed by atoms with E-state index in [1.165, 1.54) is 0 Å². The summed E-state index contributed by atoms with van der Waals surface area (Å²) in [6.07, 6.45) is 0.860. The topological polar surface area (TPSA) is 35.5 Å². The Bertz CT molecular complexity index is 504. The molecule has 0 saturated carbocycles. The molecule has 0 N–H and O–H groups in total. The highest BCUT2D eigenvalue weighted by molar-refractivity contribution is 6.62. The van der Waals surface area contributed by atoms with Gasteiger partial charge in [-0.2, -0.15) is 0 Å². The van der Waals surface area contributed by atoms with Crippen LogP contribution in [0.25, 0.3) is 0 Å². The van der Waals surface area contributed by atoms with E-state index < -0.39 is 7.12 Å². The fourth-order valence-corrected chi connectivity index (χ4v) is 2.37. The average Bonchev–Trinajstić information content (AvgIpc) is 2.57. The third-order valence-corrected chi connectivity index (χ3v) is 4.38. The van der Waals surface area contributed by atoms with Crippen LogP contribution in [0, 0.1) is 0 Å². The number of hydrogen-bond acceptors (Lipinski definition) is 3. The van der Waals surface area contributed by atoms with Crippen molar-refractivity contribution in [3.05, 3.63) is 29.3 Å². The normalized spacial score (nSPS) is 20.4. The lowest BCUT2D eigenvalue weighted by molar-refractivity contribution is 0.00578. The molecule has 0 amide bonds. The molecule has 0 atom stereocenters.